The van der Waals surface area contributed by atoms with Crippen molar-refractivity contribution in [3.8, 4) is 17.6 Å². The second kappa shape index (κ2) is 11.0. The average molecular weight is 455 g/mol. The van der Waals surface area contributed by atoms with Crippen LogP contribution < -0.4 is 14.8 Å². The van der Waals surface area contributed by atoms with E-state index in [2.05, 4.69) is 5.32 Å². The Bertz CT molecular complexity index is 1260. The molecule has 0 aliphatic rings. The van der Waals surface area contributed by atoms with Gasteiger partial charge in [-0.3, -0.25) is 4.79 Å². The van der Waals surface area contributed by atoms with Crippen molar-refractivity contribution in [3.63, 3.8) is 0 Å². The SMILES string of the molecule is CCOc1cc(/C=C(/C#N)C(=O)Nc2c(C)cc(C)cc2C)ccc1OC(=O)c1ccccc1. The van der Waals surface area contributed by atoms with Crippen molar-refractivity contribution < 1.29 is 19.1 Å². The topological polar surface area (TPSA) is 88.4 Å². The van der Waals surface area contributed by atoms with Gasteiger partial charge in [-0.05, 0) is 74.7 Å². The van der Waals surface area contributed by atoms with Crippen LogP contribution in [0, 0.1) is 32.1 Å². The first kappa shape index (κ1) is 24.3. The van der Waals surface area contributed by atoms with Gasteiger partial charge < -0.3 is 14.8 Å². The van der Waals surface area contributed by atoms with E-state index < -0.39 is 11.9 Å². The van der Waals surface area contributed by atoms with E-state index in [0.717, 1.165) is 16.7 Å². The molecule has 0 fully saturated rings. The smallest absolute Gasteiger partial charge is 0.343 e. The number of rotatable bonds is 7. The number of amides is 1. The monoisotopic (exact) mass is 454 g/mol. The Morgan fingerprint density at radius 2 is 1.65 bits per heavy atom. The molecule has 0 radical (unpaired) electrons. The molecule has 0 heterocycles. The molecule has 0 unspecified atom stereocenters. The molecule has 1 N–H and O–H groups in total. The van der Waals surface area contributed by atoms with E-state index in [9.17, 15) is 14.9 Å². The third-order valence-electron chi connectivity index (χ3n) is 5.07. The van der Waals surface area contributed by atoms with Gasteiger partial charge in [-0.25, -0.2) is 4.79 Å². The van der Waals surface area contributed by atoms with E-state index in [4.69, 9.17) is 9.47 Å². The van der Waals surface area contributed by atoms with Crippen molar-refractivity contribution in [2.24, 2.45) is 0 Å². The van der Waals surface area contributed by atoms with E-state index in [1.807, 2.05) is 52.0 Å². The van der Waals surface area contributed by atoms with Crippen LogP contribution in [0.25, 0.3) is 6.08 Å². The van der Waals surface area contributed by atoms with Gasteiger partial charge in [0.25, 0.3) is 5.91 Å². The summed E-state index contributed by atoms with van der Waals surface area (Å²) in [5.74, 6) is -0.425. The first-order valence-corrected chi connectivity index (χ1v) is 10.9. The quantitative estimate of drug-likeness (QED) is 0.212. The molecule has 0 saturated carbocycles. The number of nitriles is 1. The van der Waals surface area contributed by atoms with Crippen LogP contribution >= 0.6 is 0 Å². The summed E-state index contributed by atoms with van der Waals surface area (Å²) in [6, 6.07) is 19.4. The van der Waals surface area contributed by atoms with Crippen LogP contribution in [0.15, 0.2) is 66.2 Å². The second-order valence-electron chi connectivity index (χ2n) is 7.79. The zero-order valence-corrected chi connectivity index (χ0v) is 19.6. The molecule has 3 aromatic carbocycles. The number of hydrogen-bond donors (Lipinski definition) is 1. The maximum atomic E-state index is 12.8. The molecule has 1 amide bonds. The lowest BCUT2D eigenvalue weighted by Gasteiger charge is -2.13. The highest BCUT2D eigenvalue weighted by Gasteiger charge is 2.16. The molecule has 0 saturated heterocycles. The Labute approximate surface area is 199 Å². The lowest BCUT2D eigenvalue weighted by atomic mass is 10.0. The normalized spacial score (nSPS) is 10.9. The molecule has 0 spiro atoms. The summed E-state index contributed by atoms with van der Waals surface area (Å²) >= 11 is 0. The number of aryl methyl sites for hydroxylation is 3. The maximum Gasteiger partial charge on any atom is 0.343 e. The molecule has 172 valence electrons. The molecule has 3 aromatic rings. The number of anilines is 1. The molecule has 0 bridgehead atoms. The number of benzene rings is 3. The minimum absolute atomic E-state index is 0.0594. The Kier molecular flexibility index (Phi) is 7.83. The highest BCUT2D eigenvalue weighted by molar-refractivity contribution is 6.10. The van der Waals surface area contributed by atoms with Crippen molar-refractivity contribution in [1.82, 2.24) is 0 Å². The lowest BCUT2D eigenvalue weighted by molar-refractivity contribution is -0.112. The van der Waals surface area contributed by atoms with Gasteiger partial charge in [-0.1, -0.05) is 42.0 Å². The average Bonchev–Trinajstić information content (AvgIpc) is 2.81. The zero-order valence-electron chi connectivity index (χ0n) is 19.6. The Morgan fingerprint density at radius 1 is 0.971 bits per heavy atom. The molecule has 3 rings (SSSR count). The van der Waals surface area contributed by atoms with Gasteiger partial charge >= 0.3 is 5.97 Å². The van der Waals surface area contributed by atoms with Gasteiger partial charge in [0, 0.05) is 5.69 Å². The number of nitrogens with one attached hydrogen (secondary N) is 1. The Morgan fingerprint density at radius 3 is 2.26 bits per heavy atom. The maximum absolute atomic E-state index is 12.8. The fourth-order valence-electron chi connectivity index (χ4n) is 3.57. The first-order chi connectivity index (χ1) is 16.3. The lowest BCUT2D eigenvalue weighted by Crippen LogP contribution is -2.15. The summed E-state index contributed by atoms with van der Waals surface area (Å²) in [6.45, 7) is 7.97. The van der Waals surface area contributed by atoms with Crippen molar-refractivity contribution in [2.45, 2.75) is 27.7 Å². The van der Waals surface area contributed by atoms with E-state index in [1.165, 1.54) is 6.08 Å². The largest absolute Gasteiger partial charge is 0.490 e. The molecule has 6 heteroatoms. The molecule has 6 nitrogen and oxygen atoms in total. The van der Waals surface area contributed by atoms with Crippen LogP contribution in [0.2, 0.25) is 0 Å². The fraction of sp³-hybridized carbons (Fsp3) is 0.179. The highest BCUT2D eigenvalue weighted by Crippen LogP contribution is 2.30. The van der Waals surface area contributed by atoms with Crippen LogP contribution in [-0.2, 0) is 4.79 Å². The number of carbonyl (C=O) groups excluding carboxylic acids is 2. The molecule has 0 aliphatic carbocycles. The van der Waals surface area contributed by atoms with Crippen molar-refractivity contribution in [2.75, 3.05) is 11.9 Å². The van der Waals surface area contributed by atoms with Crippen LogP contribution in [-0.4, -0.2) is 18.5 Å². The highest BCUT2D eigenvalue weighted by atomic mass is 16.6. The minimum atomic E-state index is -0.509. The molecule has 0 aliphatic heterocycles. The van der Waals surface area contributed by atoms with Gasteiger partial charge in [-0.2, -0.15) is 5.26 Å². The summed E-state index contributed by atoms with van der Waals surface area (Å²) in [5, 5.41) is 12.5. The summed E-state index contributed by atoms with van der Waals surface area (Å²) in [7, 11) is 0. The summed E-state index contributed by atoms with van der Waals surface area (Å²) in [5.41, 5.74) is 4.55. The second-order valence-corrected chi connectivity index (χ2v) is 7.79. The van der Waals surface area contributed by atoms with Gasteiger partial charge in [0.2, 0.25) is 0 Å². The number of nitrogens with zero attached hydrogens (tertiary/aromatic N) is 1. The minimum Gasteiger partial charge on any atom is -0.490 e. The van der Waals surface area contributed by atoms with E-state index in [1.54, 1.807) is 42.5 Å². The molecular weight excluding hydrogens is 428 g/mol. The van der Waals surface area contributed by atoms with Crippen molar-refractivity contribution in [1.29, 1.82) is 5.26 Å². The van der Waals surface area contributed by atoms with Crippen LogP contribution in [0.5, 0.6) is 11.5 Å². The third-order valence-corrected chi connectivity index (χ3v) is 5.07. The standard InChI is InChI=1S/C28H26N2O4/c1-5-33-25-16-21(11-12-24(25)34-28(32)22-9-7-6-8-10-22)15-23(17-29)27(31)30-26-19(3)13-18(2)14-20(26)4/h6-16H,5H2,1-4H3,(H,30,31)/b23-15-. The number of ether oxygens (including phenoxy) is 2. The van der Waals surface area contributed by atoms with Crippen molar-refractivity contribution in [3.05, 3.63) is 94.1 Å². The molecule has 34 heavy (non-hydrogen) atoms. The van der Waals surface area contributed by atoms with Crippen LogP contribution in [0.4, 0.5) is 5.69 Å². The third kappa shape index (κ3) is 5.90. The number of hydrogen-bond acceptors (Lipinski definition) is 5. The van der Waals surface area contributed by atoms with E-state index in [-0.39, 0.29) is 11.3 Å². The van der Waals surface area contributed by atoms with Gasteiger partial charge in [0.1, 0.15) is 11.6 Å². The molecule has 0 atom stereocenters. The predicted octanol–water partition coefficient (Wildman–Crippen LogP) is 5.78. The number of carbonyl (C=O) groups is 2. The Balaban J connectivity index is 1.85. The van der Waals surface area contributed by atoms with Crippen LogP contribution in [0.3, 0.4) is 0 Å². The van der Waals surface area contributed by atoms with Gasteiger partial charge in [0.05, 0.1) is 12.2 Å². The summed E-state index contributed by atoms with van der Waals surface area (Å²) in [6.07, 6.45) is 1.47. The van der Waals surface area contributed by atoms with E-state index in [0.29, 0.717) is 29.2 Å². The summed E-state index contributed by atoms with van der Waals surface area (Å²) < 4.78 is 11.1. The predicted molar refractivity (Wildman–Crippen MR) is 132 cm³/mol. The Hall–Kier alpha value is -4.37. The fourth-order valence-corrected chi connectivity index (χ4v) is 3.57. The van der Waals surface area contributed by atoms with Crippen LogP contribution in [0.1, 0.15) is 39.5 Å². The summed E-state index contributed by atoms with van der Waals surface area (Å²) in [4.78, 5) is 25.2. The molecule has 0 aromatic heterocycles. The van der Waals surface area contributed by atoms with Gasteiger partial charge in [0.15, 0.2) is 11.5 Å². The zero-order chi connectivity index (χ0) is 24.7. The van der Waals surface area contributed by atoms with Gasteiger partial charge in [-0.15, -0.1) is 0 Å². The molecular formula is C28H26N2O4. The first-order valence-electron chi connectivity index (χ1n) is 10.9. The number of esters is 1. The van der Waals surface area contributed by atoms with Crippen molar-refractivity contribution >= 4 is 23.6 Å². The van der Waals surface area contributed by atoms with E-state index >= 15 is 0 Å².